The van der Waals surface area contributed by atoms with Crippen molar-refractivity contribution in [2.75, 3.05) is 13.1 Å². The number of urea groups is 1. The molecule has 1 aromatic heterocycles. The number of amides is 2. The molecule has 0 aliphatic carbocycles. The molecule has 2 aromatic rings. The number of rotatable bonds is 7. The van der Waals surface area contributed by atoms with Gasteiger partial charge in [-0.3, -0.25) is 0 Å². The number of hydrogen-bond acceptors (Lipinski definition) is 4. The predicted octanol–water partition coefficient (Wildman–Crippen LogP) is 1.19. The molecular formula is C16H22FN5O2. The topological polar surface area (TPSA) is 92.1 Å². The van der Waals surface area contributed by atoms with Gasteiger partial charge in [0.25, 0.3) is 0 Å². The standard InChI is InChI=1S/C16H22FN5O2/c1-3-14-21-20-11-22(14)9-8-18-15(23)19-10-16(2,24)12-4-6-13(17)7-5-12/h4-7,11,24H,3,8-10H2,1-2H3,(H2,18,19,23). The lowest BCUT2D eigenvalue weighted by atomic mass is 9.96. The number of benzene rings is 1. The Morgan fingerprint density at radius 2 is 2.04 bits per heavy atom. The molecule has 1 aromatic carbocycles. The highest BCUT2D eigenvalue weighted by Crippen LogP contribution is 2.19. The summed E-state index contributed by atoms with van der Waals surface area (Å²) >= 11 is 0. The Morgan fingerprint density at radius 3 is 2.71 bits per heavy atom. The Kier molecular flexibility index (Phi) is 5.86. The van der Waals surface area contributed by atoms with Crippen molar-refractivity contribution in [3.05, 3.63) is 47.8 Å². The van der Waals surface area contributed by atoms with Gasteiger partial charge < -0.3 is 20.3 Å². The smallest absolute Gasteiger partial charge is 0.314 e. The Balaban J connectivity index is 1.77. The van der Waals surface area contributed by atoms with Crippen molar-refractivity contribution in [2.24, 2.45) is 0 Å². The van der Waals surface area contributed by atoms with Crippen LogP contribution in [-0.2, 0) is 18.6 Å². The van der Waals surface area contributed by atoms with Gasteiger partial charge in [-0.1, -0.05) is 19.1 Å². The zero-order valence-corrected chi connectivity index (χ0v) is 13.8. The molecule has 0 spiro atoms. The van der Waals surface area contributed by atoms with Gasteiger partial charge in [0.05, 0.1) is 6.54 Å². The van der Waals surface area contributed by atoms with E-state index in [4.69, 9.17) is 0 Å². The molecule has 130 valence electrons. The third-order valence-electron chi connectivity index (χ3n) is 3.71. The molecule has 2 amide bonds. The van der Waals surface area contributed by atoms with E-state index in [1.54, 1.807) is 13.3 Å². The molecule has 0 aliphatic heterocycles. The summed E-state index contributed by atoms with van der Waals surface area (Å²) in [5.41, 5.74) is -0.754. The van der Waals surface area contributed by atoms with Crippen LogP contribution < -0.4 is 10.6 Å². The van der Waals surface area contributed by atoms with E-state index >= 15 is 0 Å². The van der Waals surface area contributed by atoms with Gasteiger partial charge in [0.1, 0.15) is 23.6 Å². The van der Waals surface area contributed by atoms with Crippen molar-refractivity contribution >= 4 is 6.03 Å². The molecule has 0 saturated heterocycles. The highest BCUT2D eigenvalue weighted by molar-refractivity contribution is 5.73. The average molecular weight is 335 g/mol. The van der Waals surface area contributed by atoms with Crippen LogP contribution in [0.15, 0.2) is 30.6 Å². The maximum Gasteiger partial charge on any atom is 0.314 e. The van der Waals surface area contributed by atoms with Crippen LogP contribution in [0.25, 0.3) is 0 Å². The van der Waals surface area contributed by atoms with Gasteiger partial charge in [-0.15, -0.1) is 10.2 Å². The van der Waals surface area contributed by atoms with E-state index in [2.05, 4.69) is 20.8 Å². The molecule has 8 heteroatoms. The highest BCUT2D eigenvalue weighted by atomic mass is 19.1. The van der Waals surface area contributed by atoms with Gasteiger partial charge in [0, 0.05) is 19.5 Å². The summed E-state index contributed by atoms with van der Waals surface area (Å²) in [6.07, 6.45) is 2.39. The highest BCUT2D eigenvalue weighted by Gasteiger charge is 2.23. The van der Waals surface area contributed by atoms with Crippen LogP contribution in [0.4, 0.5) is 9.18 Å². The summed E-state index contributed by atoms with van der Waals surface area (Å²) in [5.74, 6) is 0.483. The Labute approximate surface area is 139 Å². The van der Waals surface area contributed by atoms with Crippen LogP contribution in [0.1, 0.15) is 25.2 Å². The maximum absolute atomic E-state index is 12.9. The summed E-state index contributed by atoms with van der Waals surface area (Å²) in [5, 5.41) is 23.5. The van der Waals surface area contributed by atoms with Crippen LogP contribution in [0, 0.1) is 5.82 Å². The third kappa shape index (κ3) is 4.76. The number of nitrogens with zero attached hydrogens (tertiary/aromatic N) is 3. The van der Waals surface area contributed by atoms with Crippen molar-refractivity contribution in [1.82, 2.24) is 25.4 Å². The molecule has 1 unspecified atom stereocenters. The molecule has 0 fully saturated rings. The zero-order chi connectivity index (χ0) is 17.6. The molecule has 0 aliphatic rings. The molecule has 1 heterocycles. The lowest BCUT2D eigenvalue weighted by Gasteiger charge is -2.24. The quantitative estimate of drug-likeness (QED) is 0.709. The molecule has 0 bridgehead atoms. The van der Waals surface area contributed by atoms with Gasteiger partial charge in [-0.25, -0.2) is 9.18 Å². The van der Waals surface area contributed by atoms with Gasteiger partial charge >= 0.3 is 6.03 Å². The second-order valence-electron chi connectivity index (χ2n) is 5.68. The number of carbonyl (C=O) groups excluding carboxylic acids is 1. The van der Waals surface area contributed by atoms with Gasteiger partial charge in [-0.2, -0.15) is 0 Å². The number of aryl methyl sites for hydroxylation is 1. The molecule has 1 atom stereocenters. The van der Waals surface area contributed by atoms with Crippen molar-refractivity contribution in [2.45, 2.75) is 32.4 Å². The number of aliphatic hydroxyl groups is 1. The molecule has 2 rings (SSSR count). The first-order valence-electron chi connectivity index (χ1n) is 7.79. The first kappa shape index (κ1) is 17.9. The fourth-order valence-electron chi connectivity index (χ4n) is 2.26. The number of nitrogens with one attached hydrogen (secondary N) is 2. The van der Waals surface area contributed by atoms with E-state index in [0.717, 1.165) is 12.2 Å². The monoisotopic (exact) mass is 335 g/mol. The Morgan fingerprint density at radius 1 is 1.33 bits per heavy atom. The van der Waals surface area contributed by atoms with Gasteiger partial charge in [-0.05, 0) is 24.6 Å². The fraction of sp³-hybridized carbons (Fsp3) is 0.438. The van der Waals surface area contributed by atoms with E-state index in [-0.39, 0.29) is 18.4 Å². The second-order valence-corrected chi connectivity index (χ2v) is 5.68. The number of halogens is 1. The average Bonchev–Trinajstić information content (AvgIpc) is 3.01. The largest absolute Gasteiger partial charge is 0.384 e. The van der Waals surface area contributed by atoms with E-state index < -0.39 is 5.60 Å². The van der Waals surface area contributed by atoms with Crippen LogP contribution in [-0.4, -0.2) is 39.0 Å². The summed E-state index contributed by atoms with van der Waals surface area (Å²) in [6.45, 7) is 4.54. The SMILES string of the molecule is CCc1nncn1CCNC(=O)NCC(C)(O)c1ccc(F)cc1. The van der Waals surface area contributed by atoms with E-state index in [1.807, 2.05) is 11.5 Å². The van der Waals surface area contributed by atoms with E-state index in [1.165, 1.54) is 24.3 Å². The second kappa shape index (κ2) is 7.87. The summed E-state index contributed by atoms with van der Waals surface area (Å²) in [6, 6.07) is 5.15. The summed E-state index contributed by atoms with van der Waals surface area (Å²) in [7, 11) is 0. The van der Waals surface area contributed by atoms with Crippen molar-refractivity contribution in [3.8, 4) is 0 Å². The van der Waals surface area contributed by atoms with Crippen LogP contribution in [0.5, 0.6) is 0 Å². The number of aromatic nitrogens is 3. The Hall–Kier alpha value is -2.48. The molecule has 24 heavy (non-hydrogen) atoms. The van der Waals surface area contributed by atoms with Crippen LogP contribution in [0.2, 0.25) is 0 Å². The van der Waals surface area contributed by atoms with Crippen molar-refractivity contribution in [1.29, 1.82) is 0 Å². The molecule has 0 radical (unpaired) electrons. The lowest BCUT2D eigenvalue weighted by Crippen LogP contribution is -2.44. The minimum atomic E-state index is -1.28. The zero-order valence-electron chi connectivity index (χ0n) is 13.8. The molecular weight excluding hydrogens is 313 g/mol. The Bertz CT molecular complexity index is 669. The fourth-order valence-corrected chi connectivity index (χ4v) is 2.26. The first-order valence-corrected chi connectivity index (χ1v) is 7.79. The first-order chi connectivity index (χ1) is 11.4. The van der Waals surface area contributed by atoms with Crippen LogP contribution in [0.3, 0.4) is 0 Å². The summed E-state index contributed by atoms with van der Waals surface area (Å²) < 4.78 is 14.8. The van der Waals surface area contributed by atoms with Crippen molar-refractivity contribution < 1.29 is 14.3 Å². The maximum atomic E-state index is 12.9. The van der Waals surface area contributed by atoms with E-state index in [0.29, 0.717) is 18.7 Å². The predicted molar refractivity (Wildman–Crippen MR) is 86.8 cm³/mol. The molecule has 3 N–H and O–H groups in total. The molecule has 7 nitrogen and oxygen atoms in total. The van der Waals surface area contributed by atoms with Gasteiger partial charge in [0.15, 0.2) is 0 Å². The lowest BCUT2D eigenvalue weighted by molar-refractivity contribution is 0.0593. The third-order valence-corrected chi connectivity index (χ3v) is 3.71. The van der Waals surface area contributed by atoms with Crippen molar-refractivity contribution in [3.63, 3.8) is 0 Å². The normalized spacial score (nSPS) is 13.3. The minimum absolute atomic E-state index is 0.0112. The van der Waals surface area contributed by atoms with Gasteiger partial charge in [0.2, 0.25) is 0 Å². The number of carbonyl (C=O) groups is 1. The minimum Gasteiger partial charge on any atom is -0.384 e. The summed E-state index contributed by atoms with van der Waals surface area (Å²) in [4.78, 5) is 11.8. The van der Waals surface area contributed by atoms with E-state index in [9.17, 15) is 14.3 Å². The molecule has 0 saturated carbocycles. The van der Waals surface area contributed by atoms with Crippen LogP contribution >= 0.6 is 0 Å². The number of hydrogen-bond donors (Lipinski definition) is 3.